The molecule has 34 heavy (non-hydrogen) atoms. The molecule has 1 aromatic carbocycles. The van der Waals surface area contributed by atoms with Crippen LogP contribution in [0.4, 0.5) is 5.69 Å². The Morgan fingerprint density at radius 3 is 1.76 bits per heavy atom. The third kappa shape index (κ3) is 4.91. The van der Waals surface area contributed by atoms with Crippen LogP contribution in [0.25, 0.3) is 0 Å². The van der Waals surface area contributed by atoms with Crippen LogP contribution in [0.5, 0.6) is 0 Å². The summed E-state index contributed by atoms with van der Waals surface area (Å²) in [4.78, 5) is 62.9. The van der Waals surface area contributed by atoms with E-state index in [1.165, 1.54) is 52.0 Å². The molecule has 0 fully saturated rings. The molecule has 0 saturated carbocycles. The highest BCUT2D eigenvalue weighted by Gasteiger charge is 2.63. The van der Waals surface area contributed by atoms with Crippen molar-refractivity contribution in [3.8, 4) is 0 Å². The van der Waals surface area contributed by atoms with Gasteiger partial charge < -0.3 is 18.9 Å². The summed E-state index contributed by atoms with van der Waals surface area (Å²) >= 11 is 0. The van der Waals surface area contributed by atoms with Gasteiger partial charge in [0.05, 0.1) is 48.5 Å². The minimum atomic E-state index is -2.53. The molecule has 0 radical (unpaired) electrons. The van der Waals surface area contributed by atoms with Gasteiger partial charge in [0.2, 0.25) is 5.54 Å². The van der Waals surface area contributed by atoms with E-state index >= 15 is 0 Å². The van der Waals surface area contributed by atoms with Gasteiger partial charge in [-0.25, -0.2) is 19.2 Å². The Hall–Kier alpha value is -3.80. The van der Waals surface area contributed by atoms with Crippen LogP contribution < -0.4 is 5.32 Å². The predicted octanol–water partition coefficient (Wildman–Crippen LogP) is 1.53. The molecule has 0 saturated heterocycles. The zero-order valence-electron chi connectivity index (χ0n) is 19.2. The van der Waals surface area contributed by atoms with Gasteiger partial charge in [-0.15, -0.1) is 0 Å². The average molecular weight is 478 g/mol. The van der Waals surface area contributed by atoms with Crippen LogP contribution in [-0.2, 0) is 38.1 Å². The van der Waals surface area contributed by atoms with Gasteiger partial charge in [-0.2, -0.15) is 0 Å². The molecule has 0 aliphatic carbocycles. The number of nitro groups is 1. The van der Waals surface area contributed by atoms with Gasteiger partial charge in [0, 0.05) is 12.1 Å². The lowest BCUT2D eigenvalue weighted by atomic mass is 9.88. The van der Waals surface area contributed by atoms with Crippen LogP contribution >= 0.6 is 0 Å². The maximum Gasteiger partial charge on any atom is 0.343 e. The fraction of sp³-hybridized carbons (Fsp3) is 0.455. The number of hydrogen-bond acceptors (Lipinski definition) is 11. The fourth-order valence-corrected chi connectivity index (χ4v) is 3.52. The second-order valence-corrected chi connectivity index (χ2v) is 6.85. The molecule has 12 heteroatoms. The van der Waals surface area contributed by atoms with Gasteiger partial charge in [0.25, 0.3) is 5.69 Å². The molecule has 1 atom stereocenters. The Balaban J connectivity index is 2.87. The van der Waals surface area contributed by atoms with E-state index in [-0.39, 0.29) is 43.3 Å². The molecule has 0 aromatic heterocycles. The Labute approximate surface area is 195 Å². The number of non-ortho nitro benzene ring substituents is 1. The summed E-state index contributed by atoms with van der Waals surface area (Å²) in [5.41, 5.74) is -3.50. The zero-order chi connectivity index (χ0) is 25.5. The number of carbonyl (C=O) groups excluding carboxylic acids is 4. The van der Waals surface area contributed by atoms with Crippen molar-refractivity contribution >= 4 is 29.6 Å². The van der Waals surface area contributed by atoms with Crippen molar-refractivity contribution < 1.29 is 43.0 Å². The smallest absolute Gasteiger partial charge is 0.343 e. The van der Waals surface area contributed by atoms with Crippen molar-refractivity contribution in [3.05, 3.63) is 51.1 Å². The Morgan fingerprint density at radius 1 is 0.853 bits per heavy atom. The summed E-state index contributed by atoms with van der Waals surface area (Å²) in [5, 5.41) is 13.8. The Kier molecular flexibility index (Phi) is 8.84. The number of benzene rings is 1. The van der Waals surface area contributed by atoms with Crippen LogP contribution in [0, 0.1) is 10.1 Å². The van der Waals surface area contributed by atoms with Crippen molar-refractivity contribution in [3.63, 3.8) is 0 Å². The molecule has 1 aliphatic rings. The van der Waals surface area contributed by atoms with Crippen molar-refractivity contribution in [2.45, 2.75) is 39.3 Å². The lowest BCUT2D eigenvalue weighted by molar-refractivity contribution is -0.384. The first-order valence-corrected chi connectivity index (χ1v) is 10.6. The van der Waals surface area contributed by atoms with Gasteiger partial charge in [-0.1, -0.05) is 12.1 Å². The number of ether oxygens (including phenoxy) is 4. The second-order valence-electron chi connectivity index (χ2n) is 6.85. The maximum absolute atomic E-state index is 13.2. The minimum Gasteiger partial charge on any atom is -0.464 e. The Bertz CT molecular complexity index is 981. The van der Waals surface area contributed by atoms with E-state index < -0.39 is 46.0 Å². The van der Waals surface area contributed by atoms with Gasteiger partial charge in [0.15, 0.2) is 0 Å². The predicted molar refractivity (Wildman–Crippen MR) is 115 cm³/mol. The molecule has 1 N–H and O–H groups in total. The van der Waals surface area contributed by atoms with Crippen molar-refractivity contribution in [1.29, 1.82) is 0 Å². The SMILES string of the molecule is CCOC(=O)C1=C(C(=O)OCC)C(C(=O)OCC)(C(=O)OCC)NC1c1ccc([N+](=O)[O-])cc1. The first-order valence-electron chi connectivity index (χ1n) is 10.6. The Morgan fingerprint density at radius 2 is 1.32 bits per heavy atom. The molecular weight excluding hydrogens is 452 g/mol. The van der Waals surface area contributed by atoms with Gasteiger partial charge in [0.1, 0.15) is 0 Å². The van der Waals surface area contributed by atoms with Gasteiger partial charge in [-0.05, 0) is 33.3 Å². The number of nitrogens with zero attached hydrogens (tertiary/aromatic N) is 1. The number of nitrogens with one attached hydrogen (secondary N) is 1. The second kappa shape index (κ2) is 11.4. The maximum atomic E-state index is 13.2. The van der Waals surface area contributed by atoms with Gasteiger partial charge >= 0.3 is 23.9 Å². The highest BCUT2D eigenvalue weighted by molar-refractivity contribution is 6.20. The molecule has 0 spiro atoms. The van der Waals surface area contributed by atoms with E-state index in [0.29, 0.717) is 0 Å². The van der Waals surface area contributed by atoms with Crippen LogP contribution in [0.1, 0.15) is 39.3 Å². The lowest BCUT2D eigenvalue weighted by Crippen LogP contribution is -2.60. The lowest BCUT2D eigenvalue weighted by Gasteiger charge is -2.28. The van der Waals surface area contributed by atoms with E-state index in [1.807, 2.05) is 0 Å². The summed E-state index contributed by atoms with van der Waals surface area (Å²) < 4.78 is 20.4. The number of esters is 4. The zero-order valence-corrected chi connectivity index (χ0v) is 19.2. The fourth-order valence-electron chi connectivity index (χ4n) is 3.52. The van der Waals surface area contributed by atoms with E-state index in [2.05, 4.69) is 5.32 Å². The first kappa shape index (κ1) is 26.5. The molecule has 12 nitrogen and oxygen atoms in total. The number of rotatable bonds is 10. The number of nitro benzene ring substituents is 1. The van der Waals surface area contributed by atoms with E-state index in [9.17, 15) is 29.3 Å². The molecule has 1 aromatic rings. The van der Waals surface area contributed by atoms with Gasteiger partial charge in [-0.3, -0.25) is 15.4 Å². The summed E-state index contributed by atoms with van der Waals surface area (Å²) in [6, 6.07) is 3.75. The van der Waals surface area contributed by atoms with E-state index in [0.717, 1.165) is 0 Å². The number of hydrogen-bond donors (Lipinski definition) is 1. The molecule has 1 aliphatic heterocycles. The van der Waals surface area contributed by atoms with Crippen LogP contribution in [0.2, 0.25) is 0 Å². The van der Waals surface area contributed by atoms with E-state index in [4.69, 9.17) is 18.9 Å². The van der Waals surface area contributed by atoms with Crippen LogP contribution in [-0.4, -0.2) is 60.8 Å². The standard InChI is InChI=1S/C22H26N2O10/c1-5-31-18(25)15-16(19(26)32-6-2)22(20(27)33-7-3,21(28)34-8-4)23-17(15)13-9-11-14(12-10-13)24(29)30/h9-12,17,23H,5-8H2,1-4H3. The van der Waals surface area contributed by atoms with E-state index in [1.54, 1.807) is 0 Å². The largest absolute Gasteiger partial charge is 0.464 e. The molecule has 2 rings (SSSR count). The first-order chi connectivity index (χ1) is 16.2. The topological polar surface area (TPSA) is 160 Å². The monoisotopic (exact) mass is 478 g/mol. The molecule has 0 bridgehead atoms. The molecule has 1 unspecified atom stereocenters. The van der Waals surface area contributed by atoms with Crippen LogP contribution in [0.15, 0.2) is 35.4 Å². The highest BCUT2D eigenvalue weighted by Crippen LogP contribution is 2.42. The molecular formula is C22H26N2O10. The highest BCUT2D eigenvalue weighted by atomic mass is 16.6. The summed E-state index contributed by atoms with van der Waals surface area (Å²) in [6.45, 7) is 5.56. The van der Waals surface area contributed by atoms with Crippen molar-refractivity contribution in [1.82, 2.24) is 5.32 Å². The third-order valence-corrected chi connectivity index (χ3v) is 4.87. The molecule has 1 heterocycles. The minimum absolute atomic E-state index is 0.0722. The van der Waals surface area contributed by atoms with Crippen molar-refractivity contribution in [2.75, 3.05) is 26.4 Å². The average Bonchev–Trinajstić information content (AvgIpc) is 3.17. The summed E-state index contributed by atoms with van der Waals surface area (Å²) in [6.07, 6.45) is 0. The number of carbonyl (C=O) groups is 4. The molecule has 0 amide bonds. The third-order valence-electron chi connectivity index (χ3n) is 4.87. The molecule has 184 valence electrons. The summed E-state index contributed by atoms with van der Waals surface area (Å²) in [5.74, 6) is -4.47. The normalized spacial score (nSPS) is 16.5. The quantitative estimate of drug-likeness (QED) is 0.171. The summed E-state index contributed by atoms with van der Waals surface area (Å²) in [7, 11) is 0. The van der Waals surface area contributed by atoms with Crippen LogP contribution in [0.3, 0.4) is 0 Å². The van der Waals surface area contributed by atoms with Crippen molar-refractivity contribution in [2.24, 2.45) is 0 Å².